The van der Waals surface area contributed by atoms with Crippen LogP contribution in [0.5, 0.6) is 5.75 Å². The minimum Gasteiger partial charge on any atom is -0.494 e. The SMILES string of the molecule is CCOc1ccc(C(=O)Nc2ccc(Nc3cc(Nc4cc(C)ccn4)nc(C)n3)cc2)cc1. The fourth-order valence-electron chi connectivity index (χ4n) is 3.29. The third-order valence-corrected chi connectivity index (χ3v) is 4.85. The molecule has 0 fully saturated rings. The summed E-state index contributed by atoms with van der Waals surface area (Å²) in [4.78, 5) is 25.7. The van der Waals surface area contributed by atoms with E-state index in [9.17, 15) is 4.79 Å². The summed E-state index contributed by atoms with van der Waals surface area (Å²) in [7, 11) is 0. The summed E-state index contributed by atoms with van der Waals surface area (Å²) in [5, 5.41) is 9.39. The van der Waals surface area contributed by atoms with E-state index in [4.69, 9.17) is 4.74 Å². The van der Waals surface area contributed by atoms with E-state index in [-0.39, 0.29) is 5.91 Å². The van der Waals surface area contributed by atoms with Crippen LogP contribution in [0.25, 0.3) is 0 Å². The highest BCUT2D eigenvalue weighted by atomic mass is 16.5. The summed E-state index contributed by atoms with van der Waals surface area (Å²) >= 11 is 0. The highest BCUT2D eigenvalue weighted by molar-refractivity contribution is 6.04. The molecule has 8 heteroatoms. The van der Waals surface area contributed by atoms with E-state index in [2.05, 4.69) is 30.9 Å². The number of carbonyl (C=O) groups excluding carboxylic acids is 1. The van der Waals surface area contributed by atoms with Crippen molar-refractivity contribution >= 4 is 34.7 Å². The molecule has 0 bridgehead atoms. The molecule has 0 saturated carbocycles. The average molecular weight is 455 g/mol. The van der Waals surface area contributed by atoms with Crippen molar-refractivity contribution in [1.29, 1.82) is 0 Å². The maximum atomic E-state index is 12.5. The first-order valence-corrected chi connectivity index (χ1v) is 10.9. The summed E-state index contributed by atoms with van der Waals surface area (Å²) in [5.74, 6) is 3.19. The van der Waals surface area contributed by atoms with Gasteiger partial charge >= 0.3 is 0 Å². The Hall–Kier alpha value is -4.46. The molecule has 2 heterocycles. The van der Waals surface area contributed by atoms with Gasteiger partial charge in [0.2, 0.25) is 0 Å². The first-order valence-electron chi connectivity index (χ1n) is 10.9. The van der Waals surface area contributed by atoms with E-state index >= 15 is 0 Å². The molecule has 3 N–H and O–H groups in total. The maximum absolute atomic E-state index is 12.5. The summed E-state index contributed by atoms with van der Waals surface area (Å²) in [6, 6.07) is 20.2. The number of carbonyl (C=O) groups is 1. The van der Waals surface area contributed by atoms with E-state index in [0.29, 0.717) is 35.3 Å². The normalized spacial score (nSPS) is 10.4. The molecule has 0 aliphatic carbocycles. The molecule has 2 aromatic heterocycles. The smallest absolute Gasteiger partial charge is 0.255 e. The number of nitrogens with one attached hydrogen (secondary N) is 3. The molecule has 0 aliphatic heterocycles. The molecule has 0 saturated heterocycles. The Kier molecular flexibility index (Phi) is 6.98. The number of rotatable bonds is 8. The molecule has 0 aliphatic rings. The Morgan fingerprint density at radius 2 is 1.50 bits per heavy atom. The van der Waals surface area contributed by atoms with Crippen molar-refractivity contribution in [2.75, 3.05) is 22.6 Å². The minimum atomic E-state index is -0.185. The number of pyridine rings is 1. The monoisotopic (exact) mass is 454 g/mol. The summed E-state index contributed by atoms with van der Waals surface area (Å²) < 4.78 is 5.42. The van der Waals surface area contributed by atoms with E-state index < -0.39 is 0 Å². The van der Waals surface area contributed by atoms with Crippen LogP contribution in [0.1, 0.15) is 28.7 Å². The second-order valence-electron chi connectivity index (χ2n) is 7.64. The van der Waals surface area contributed by atoms with Crippen LogP contribution in [0.3, 0.4) is 0 Å². The Morgan fingerprint density at radius 3 is 2.18 bits per heavy atom. The lowest BCUT2D eigenvalue weighted by atomic mass is 10.2. The van der Waals surface area contributed by atoms with Crippen LogP contribution in [0.4, 0.5) is 28.8 Å². The quantitative estimate of drug-likeness (QED) is 0.317. The molecular weight excluding hydrogens is 428 g/mol. The van der Waals surface area contributed by atoms with E-state index in [1.54, 1.807) is 30.5 Å². The van der Waals surface area contributed by atoms with Gasteiger partial charge in [-0.1, -0.05) is 0 Å². The molecule has 172 valence electrons. The number of ether oxygens (including phenoxy) is 1. The topological polar surface area (TPSA) is 101 Å². The van der Waals surface area contributed by atoms with Crippen molar-refractivity contribution in [1.82, 2.24) is 15.0 Å². The van der Waals surface area contributed by atoms with Gasteiger partial charge in [-0.3, -0.25) is 4.79 Å². The third kappa shape index (κ3) is 6.07. The molecule has 34 heavy (non-hydrogen) atoms. The number of hydrogen-bond donors (Lipinski definition) is 3. The van der Waals surface area contributed by atoms with E-state index in [0.717, 1.165) is 22.8 Å². The number of benzene rings is 2. The van der Waals surface area contributed by atoms with Gasteiger partial charge in [0.15, 0.2) is 0 Å². The molecule has 0 unspecified atom stereocenters. The minimum absolute atomic E-state index is 0.185. The molecular formula is C26H26N6O2. The van der Waals surface area contributed by atoms with Gasteiger partial charge in [0.05, 0.1) is 6.61 Å². The van der Waals surface area contributed by atoms with Crippen LogP contribution in [-0.2, 0) is 0 Å². The van der Waals surface area contributed by atoms with Gasteiger partial charge in [-0.2, -0.15) is 0 Å². The van der Waals surface area contributed by atoms with Crippen LogP contribution >= 0.6 is 0 Å². The predicted octanol–water partition coefficient (Wildman–Crippen LogP) is 5.63. The highest BCUT2D eigenvalue weighted by Gasteiger charge is 2.08. The van der Waals surface area contributed by atoms with E-state index in [1.165, 1.54) is 0 Å². The second kappa shape index (κ2) is 10.4. The van der Waals surface area contributed by atoms with Gasteiger partial charge in [0.1, 0.15) is 29.0 Å². The fraction of sp³-hybridized carbons (Fsp3) is 0.154. The average Bonchev–Trinajstić information content (AvgIpc) is 2.81. The number of hydrogen-bond acceptors (Lipinski definition) is 7. The van der Waals surface area contributed by atoms with Crippen LogP contribution in [0.2, 0.25) is 0 Å². The van der Waals surface area contributed by atoms with Crippen LogP contribution < -0.4 is 20.7 Å². The first kappa shape index (κ1) is 22.7. The van der Waals surface area contributed by atoms with Crippen molar-refractivity contribution in [3.8, 4) is 5.75 Å². The largest absolute Gasteiger partial charge is 0.494 e. The summed E-state index contributed by atoms with van der Waals surface area (Å²) in [5.41, 5.74) is 3.19. The van der Waals surface area contributed by atoms with Crippen LogP contribution in [0.15, 0.2) is 72.9 Å². The molecule has 8 nitrogen and oxygen atoms in total. The standard InChI is InChI=1S/C26H26N6O2/c1-4-34-22-11-5-19(6-12-22)26(33)31-21-9-7-20(8-10-21)30-24-16-25(29-18(3)28-24)32-23-15-17(2)13-14-27-23/h5-16H,4H2,1-3H3,(H,31,33)(H2,27,28,29,30,32). The van der Waals surface area contributed by atoms with Gasteiger partial charge in [-0.05, 0) is 87.0 Å². The Balaban J connectivity index is 1.40. The van der Waals surface area contributed by atoms with Gasteiger partial charge in [0, 0.05) is 29.2 Å². The zero-order valence-electron chi connectivity index (χ0n) is 19.3. The lowest BCUT2D eigenvalue weighted by molar-refractivity contribution is 0.102. The van der Waals surface area contributed by atoms with Crippen molar-refractivity contribution in [2.24, 2.45) is 0 Å². The zero-order valence-corrected chi connectivity index (χ0v) is 19.3. The van der Waals surface area contributed by atoms with Crippen molar-refractivity contribution < 1.29 is 9.53 Å². The number of nitrogens with zero attached hydrogens (tertiary/aromatic N) is 3. The fourth-order valence-corrected chi connectivity index (χ4v) is 3.29. The third-order valence-electron chi connectivity index (χ3n) is 4.85. The molecule has 0 spiro atoms. The first-order chi connectivity index (χ1) is 16.5. The Morgan fingerprint density at radius 1 is 0.824 bits per heavy atom. The highest BCUT2D eigenvalue weighted by Crippen LogP contribution is 2.22. The molecule has 2 aromatic carbocycles. The number of amides is 1. The van der Waals surface area contributed by atoms with Crippen molar-refractivity contribution in [2.45, 2.75) is 20.8 Å². The molecule has 0 radical (unpaired) electrons. The van der Waals surface area contributed by atoms with Crippen LogP contribution in [0, 0.1) is 13.8 Å². The summed E-state index contributed by atoms with van der Waals surface area (Å²) in [6.07, 6.45) is 1.75. The zero-order chi connectivity index (χ0) is 23.9. The number of aromatic nitrogens is 3. The summed E-state index contributed by atoms with van der Waals surface area (Å²) in [6.45, 7) is 6.35. The number of anilines is 5. The maximum Gasteiger partial charge on any atom is 0.255 e. The molecule has 4 aromatic rings. The molecule has 4 rings (SSSR count). The number of aryl methyl sites for hydroxylation is 2. The van der Waals surface area contributed by atoms with Crippen molar-refractivity contribution in [3.63, 3.8) is 0 Å². The predicted molar refractivity (Wildman–Crippen MR) is 134 cm³/mol. The lowest BCUT2D eigenvalue weighted by Crippen LogP contribution is -2.11. The van der Waals surface area contributed by atoms with Crippen molar-refractivity contribution in [3.05, 3.63) is 89.9 Å². The van der Waals surface area contributed by atoms with Gasteiger partial charge < -0.3 is 20.7 Å². The lowest BCUT2D eigenvalue weighted by Gasteiger charge is -2.11. The second-order valence-corrected chi connectivity index (χ2v) is 7.64. The molecule has 0 atom stereocenters. The Bertz CT molecular complexity index is 1270. The molecule has 1 amide bonds. The van der Waals surface area contributed by atoms with Gasteiger partial charge in [-0.25, -0.2) is 15.0 Å². The van der Waals surface area contributed by atoms with Gasteiger partial charge in [-0.15, -0.1) is 0 Å². The Labute approximate surface area is 198 Å². The van der Waals surface area contributed by atoms with Gasteiger partial charge in [0.25, 0.3) is 5.91 Å². The van der Waals surface area contributed by atoms with E-state index in [1.807, 2.05) is 63.2 Å². The van der Waals surface area contributed by atoms with Crippen LogP contribution in [-0.4, -0.2) is 27.5 Å².